The highest BCUT2D eigenvalue weighted by atomic mass is 79.9. The number of nitrogens with one attached hydrogen (secondary N) is 1. The lowest BCUT2D eigenvalue weighted by Crippen LogP contribution is -2.26. The van der Waals surface area contributed by atoms with E-state index in [1.807, 2.05) is 38.1 Å². The molecule has 0 spiro atoms. The fraction of sp³-hybridized carbons (Fsp3) is 0.250. The Morgan fingerprint density at radius 1 is 1.29 bits per heavy atom. The minimum Gasteiger partial charge on any atom is -0.324 e. The van der Waals surface area contributed by atoms with Gasteiger partial charge in [0.1, 0.15) is 0 Å². The summed E-state index contributed by atoms with van der Waals surface area (Å²) in [6, 6.07) is 12.5. The number of halogens is 2. The van der Waals surface area contributed by atoms with E-state index in [1.54, 1.807) is 22.8 Å². The standard InChI is InChI=1S/C20H19BrClN3O2S/c1-12(2)10-25-19(27)14-9-13(22)7-8-16(14)24-20(25)28-11-18(26)23-17-6-4-3-5-15(17)21/h3-9,12H,10-11H2,1-2H3,(H,23,26). The maximum Gasteiger partial charge on any atom is 0.262 e. The largest absolute Gasteiger partial charge is 0.324 e. The molecule has 0 aliphatic carbocycles. The molecule has 146 valence electrons. The summed E-state index contributed by atoms with van der Waals surface area (Å²) in [7, 11) is 0. The average Bonchev–Trinajstić information content (AvgIpc) is 2.65. The Morgan fingerprint density at radius 3 is 2.75 bits per heavy atom. The summed E-state index contributed by atoms with van der Waals surface area (Å²) < 4.78 is 2.44. The molecule has 0 aliphatic rings. The van der Waals surface area contributed by atoms with Crippen LogP contribution in [-0.2, 0) is 11.3 Å². The first-order valence-electron chi connectivity index (χ1n) is 8.72. The van der Waals surface area contributed by atoms with Crippen LogP contribution in [0.1, 0.15) is 13.8 Å². The molecular formula is C20H19BrClN3O2S. The van der Waals surface area contributed by atoms with Crippen molar-refractivity contribution in [3.05, 3.63) is 62.3 Å². The Bertz CT molecular complexity index is 1080. The number of carbonyl (C=O) groups excluding carboxylic acids is 1. The summed E-state index contributed by atoms with van der Waals surface area (Å²) >= 11 is 10.7. The molecule has 0 radical (unpaired) electrons. The van der Waals surface area contributed by atoms with Crippen molar-refractivity contribution in [3.63, 3.8) is 0 Å². The van der Waals surface area contributed by atoms with E-state index in [4.69, 9.17) is 11.6 Å². The molecule has 3 rings (SSSR count). The highest BCUT2D eigenvalue weighted by Crippen LogP contribution is 2.23. The van der Waals surface area contributed by atoms with Crippen molar-refractivity contribution in [2.24, 2.45) is 5.92 Å². The number of carbonyl (C=O) groups is 1. The van der Waals surface area contributed by atoms with Gasteiger partial charge in [0.2, 0.25) is 5.91 Å². The van der Waals surface area contributed by atoms with Crippen molar-refractivity contribution in [3.8, 4) is 0 Å². The van der Waals surface area contributed by atoms with Crippen LogP contribution < -0.4 is 10.9 Å². The molecule has 0 atom stereocenters. The monoisotopic (exact) mass is 479 g/mol. The number of hydrogen-bond donors (Lipinski definition) is 1. The third-order valence-corrected chi connectivity index (χ3v) is 5.81. The molecule has 2 aromatic carbocycles. The highest BCUT2D eigenvalue weighted by molar-refractivity contribution is 9.10. The Kier molecular flexibility index (Phi) is 6.80. The van der Waals surface area contributed by atoms with Crippen molar-refractivity contribution < 1.29 is 4.79 Å². The van der Waals surface area contributed by atoms with Gasteiger partial charge in [-0.3, -0.25) is 14.2 Å². The van der Waals surface area contributed by atoms with Gasteiger partial charge in [-0.2, -0.15) is 0 Å². The maximum atomic E-state index is 13.0. The number of thioether (sulfide) groups is 1. The number of fused-ring (bicyclic) bond motifs is 1. The second-order valence-corrected chi connectivity index (χ2v) is 8.92. The molecular weight excluding hydrogens is 462 g/mol. The normalized spacial score (nSPS) is 11.2. The number of anilines is 1. The number of para-hydroxylation sites is 1. The van der Waals surface area contributed by atoms with Crippen LogP contribution in [0.2, 0.25) is 5.02 Å². The Hall–Kier alpha value is -1.83. The van der Waals surface area contributed by atoms with Crippen molar-refractivity contribution in [1.82, 2.24) is 9.55 Å². The number of aromatic nitrogens is 2. The molecule has 1 N–H and O–H groups in total. The molecule has 0 bridgehead atoms. The smallest absolute Gasteiger partial charge is 0.262 e. The highest BCUT2D eigenvalue weighted by Gasteiger charge is 2.15. The van der Waals surface area contributed by atoms with Gasteiger partial charge in [0.05, 0.1) is 22.3 Å². The molecule has 1 heterocycles. The van der Waals surface area contributed by atoms with Crippen molar-refractivity contribution >= 4 is 61.8 Å². The Morgan fingerprint density at radius 2 is 2.04 bits per heavy atom. The van der Waals surface area contributed by atoms with E-state index in [9.17, 15) is 9.59 Å². The van der Waals surface area contributed by atoms with Crippen LogP contribution in [0.15, 0.2) is 56.9 Å². The molecule has 8 heteroatoms. The van der Waals surface area contributed by atoms with E-state index in [-0.39, 0.29) is 23.1 Å². The Balaban J connectivity index is 1.87. The third kappa shape index (κ3) is 4.96. The zero-order valence-corrected chi connectivity index (χ0v) is 18.6. The average molecular weight is 481 g/mol. The van der Waals surface area contributed by atoms with E-state index in [0.29, 0.717) is 33.3 Å². The summed E-state index contributed by atoms with van der Waals surface area (Å²) in [6.07, 6.45) is 0. The van der Waals surface area contributed by atoms with Gasteiger partial charge in [-0.25, -0.2) is 4.98 Å². The van der Waals surface area contributed by atoms with E-state index in [1.165, 1.54) is 11.8 Å². The molecule has 5 nitrogen and oxygen atoms in total. The van der Waals surface area contributed by atoms with Gasteiger partial charge in [0.15, 0.2) is 5.16 Å². The van der Waals surface area contributed by atoms with Gasteiger partial charge in [-0.1, -0.05) is 49.3 Å². The van der Waals surface area contributed by atoms with E-state index < -0.39 is 0 Å². The van der Waals surface area contributed by atoms with Crippen molar-refractivity contribution in [1.29, 1.82) is 0 Å². The molecule has 0 unspecified atom stereocenters. The van der Waals surface area contributed by atoms with Crippen molar-refractivity contribution in [2.45, 2.75) is 25.5 Å². The molecule has 1 amide bonds. The number of benzene rings is 2. The summed E-state index contributed by atoms with van der Waals surface area (Å²) in [5.74, 6) is 0.230. The molecule has 0 saturated heterocycles. The van der Waals surface area contributed by atoms with Crippen molar-refractivity contribution in [2.75, 3.05) is 11.1 Å². The molecule has 0 aliphatic heterocycles. The van der Waals surface area contributed by atoms with E-state index >= 15 is 0 Å². The molecule has 28 heavy (non-hydrogen) atoms. The number of rotatable bonds is 6. The first kappa shape index (κ1) is 20.9. The van der Waals surface area contributed by atoms with E-state index in [2.05, 4.69) is 26.2 Å². The zero-order chi connectivity index (χ0) is 20.3. The lowest BCUT2D eigenvalue weighted by molar-refractivity contribution is -0.113. The first-order valence-corrected chi connectivity index (χ1v) is 10.9. The maximum absolute atomic E-state index is 13.0. The SMILES string of the molecule is CC(C)Cn1c(SCC(=O)Nc2ccccc2Br)nc2ccc(Cl)cc2c1=O. The van der Waals surface area contributed by atoms with Crippen LogP contribution in [-0.4, -0.2) is 21.2 Å². The fourth-order valence-corrected chi connectivity index (χ4v) is 4.05. The third-order valence-electron chi connectivity index (χ3n) is 3.91. The predicted molar refractivity (Wildman–Crippen MR) is 119 cm³/mol. The second kappa shape index (κ2) is 9.11. The van der Waals surface area contributed by atoms with Crippen LogP contribution in [0, 0.1) is 5.92 Å². The van der Waals surface area contributed by atoms with Crippen LogP contribution in [0.25, 0.3) is 10.9 Å². The summed E-state index contributed by atoms with van der Waals surface area (Å²) in [6.45, 7) is 4.58. The number of hydrogen-bond acceptors (Lipinski definition) is 4. The summed E-state index contributed by atoms with van der Waals surface area (Å²) in [5, 5.41) is 4.36. The Labute approximate surface area is 180 Å². The van der Waals surface area contributed by atoms with Gasteiger partial charge in [0, 0.05) is 16.0 Å². The lowest BCUT2D eigenvalue weighted by Gasteiger charge is -2.15. The minimum absolute atomic E-state index is 0.144. The molecule has 0 fully saturated rings. The van der Waals surface area contributed by atoms with Gasteiger partial charge >= 0.3 is 0 Å². The first-order chi connectivity index (χ1) is 13.3. The van der Waals surface area contributed by atoms with Crippen LogP contribution in [0.4, 0.5) is 5.69 Å². The van der Waals surface area contributed by atoms with Gasteiger partial charge in [-0.15, -0.1) is 0 Å². The topological polar surface area (TPSA) is 64.0 Å². The minimum atomic E-state index is -0.168. The number of nitrogens with zero attached hydrogens (tertiary/aromatic N) is 2. The van der Waals surface area contributed by atoms with Gasteiger partial charge in [-0.05, 0) is 52.2 Å². The molecule has 1 aromatic heterocycles. The van der Waals surface area contributed by atoms with E-state index in [0.717, 1.165) is 4.47 Å². The quantitative estimate of drug-likeness (QED) is 0.389. The van der Waals surface area contributed by atoms with Crippen LogP contribution >= 0.6 is 39.3 Å². The van der Waals surface area contributed by atoms with Crippen LogP contribution in [0.5, 0.6) is 0 Å². The van der Waals surface area contributed by atoms with Gasteiger partial charge < -0.3 is 5.32 Å². The van der Waals surface area contributed by atoms with Gasteiger partial charge in [0.25, 0.3) is 5.56 Å². The van der Waals surface area contributed by atoms with Crippen LogP contribution in [0.3, 0.4) is 0 Å². The second-order valence-electron chi connectivity index (χ2n) is 6.68. The summed E-state index contributed by atoms with van der Waals surface area (Å²) in [5.41, 5.74) is 1.13. The zero-order valence-electron chi connectivity index (χ0n) is 15.4. The number of amides is 1. The molecule has 3 aromatic rings. The molecule has 0 saturated carbocycles. The summed E-state index contributed by atoms with van der Waals surface area (Å²) in [4.78, 5) is 29.9. The predicted octanol–water partition coefficient (Wildman–Crippen LogP) is 5.20. The lowest BCUT2D eigenvalue weighted by atomic mass is 10.2. The fourth-order valence-electron chi connectivity index (χ4n) is 2.69.